The van der Waals surface area contributed by atoms with Crippen LogP contribution in [0.5, 0.6) is 0 Å². The Kier molecular flexibility index (Phi) is 4.19. The molecule has 0 aliphatic rings. The van der Waals surface area contributed by atoms with E-state index in [1.165, 1.54) is 18.7 Å². The first-order chi connectivity index (χ1) is 9.82. The van der Waals surface area contributed by atoms with Gasteiger partial charge in [-0.05, 0) is 28.7 Å². The van der Waals surface area contributed by atoms with E-state index >= 15 is 0 Å². The number of carbonyl (C=O) groups is 1. The topological polar surface area (TPSA) is 59.7 Å². The van der Waals surface area contributed by atoms with Crippen molar-refractivity contribution in [1.82, 2.24) is 0 Å². The fourth-order valence-electron chi connectivity index (χ4n) is 2.04. The van der Waals surface area contributed by atoms with Crippen LogP contribution in [-0.2, 0) is 10.2 Å². The molecule has 0 fully saturated rings. The summed E-state index contributed by atoms with van der Waals surface area (Å²) < 4.78 is 9.90. The largest absolute Gasteiger partial charge is 0.463 e. The molecule has 1 aromatic carbocycles. The van der Waals surface area contributed by atoms with Crippen molar-refractivity contribution < 1.29 is 19.1 Å². The van der Waals surface area contributed by atoms with Gasteiger partial charge in [0.25, 0.3) is 0 Å². The Hall–Kier alpha value is -2.07. The van der Waals surface area contributed by atoms with Gasteiger partial charge in [0.2, 0.25) is 5.76 Å². The van der Waals surface area contributed by atoms with E-state index in [0.29, 0.717) is 11.3 Å². The van der Waals surface area contributed by atoms with E-state index in [9.17, 15) is 9.90 Å². The first kappa shape index (κ1) is 15.3. The normalized spacial score (nSPS) is 13.0. The van der Waals surface area contributed by atoms with Gasteiger partial charge in [0.1, 0.15) is 11.9 Å². The van der Waals surface area contributed by atoms with Gasteiger partial charge in [-0.2, -0.15) is 0 Å². The molecule has 0 saturated carbocycles. The molecule has 1 N–H and O–H groups in total. The van der Waals surface area contributed by atoms with Crippen LogP contribution in [0.2, 0.25) is 0 Å². The molecule has 1 heterocycles. The lowest BCUT2D eigenvalue weighted by Crippen LogP contribution is -2.11. The highest BCUT2D eigenvalue weighted by atomic mass is 16.5. The lowest BCUT2D eigenvalue weighted by molar-refractivity contribution is 0.0558. The molecule has 0 aliphatic heterocycles. The van der Waals surface area contributed by atoms with Gasteiger partial charge in [-0.3, -0.25) is 0 Å². The zero-order chi connectivity index (χ0) is 15.6. The van der Waals surface area contributed by atoms with Crippen molar-refractivity contribution in [2.45, 2.75) is 32.3 Å². The summed E-state index contributed by atoms with van der Waals surface area (Å²) in [6.07, 6.45) is -0.905. The molecule has 0 spiro atoms. The second-order valence-corrected chi connectivity index (χ2v) is 5.97. The van der Waals surface area contributed by atoms with Crippen molar-refractivity contribution in [1.29, 1.82) is 0 Å². The third kappa shape index (κ3) is 3.34. The highest BCUT2D eigenvalue weighted by Crippen LogP contribution is 2.27. The van der Waals surface area contributed by atoms with Crippen molar-refractivity contribution in [3.05, 3.63) is 59.0 Å². The van der Waals surface area contributed by atoms with Crippen molar-refractivity contribution in [3.63, 3.8) is 0 Å². The minimum absolute atomic E-state index is 0.0617. The van der Waals surface area contributed by atoms with Gasteiger partial charge in [0.05, 0.1) is 7.11 Å². The number of rotatable bonds is 3. The van der Waals surface area contributed by atoms with Crippen molar-refractivity contribution in [3.8, 4) is 0 Å². The van der Waals surface area contributed by atoms with Gasteiger partial charge < -0.3 is 14.3 Å². The Morgan fingerprint density at radius 2 is 1.76 bits per heavy atom. The lowest BCUT2D eigenvalue weighted by Gasteiger charge is -2.19. The molecule has 0 saturated heterocycles. The molecule has 2 rings (SSSR count). The second kappa shape index (κ2) is 5.74. The molecule has 1 atom stereocenters. The van der Waals surface area contributed by atoms with Crippen LogP contribution < -0.4 is 0 Å². The molecule has 0 radical (unpaired) electrons. The van der Waals surface area contributed by atoms with Crippen LogP contribution in [0.4, 0.5) is 0 Å². The number of esters is 1. The van der Waals surface area contributed by atoms with Crippen LogP contribution >= 0.6 is 0 Å². The molecule has 112 valence electrons. The fourth-order valence-corrected chi connectivity index (χ4v) is 2.04. The molecule has 0 aliphatic carbocycles. The number of aliphatic hydroxyl groups is 1. The Bertz CT molecular complexity index is 617. The zero-order valence-corrected chi connectivity index (χ0v) is 12.7. The minimum Gasteiger partial charge on any atom is -0.463 e. The van der Waals surface area contributed by atoms with E-state index < -0.39 is 12.1 Å². The average Bonchev–Trinajstić information content (AvgIpc) is 2.94. The molecule has 2 aromatic rings. The molecule has 21 heavy (non-hydrogen) atoms. The first-order valence-corrected chi connectivity index (χ1v) is 6.79. The highest BCUT2D eigenvalue weighted by Gasteiger charge is 2.19. The molecule has 1 aromatic heterocycles. The number of hydrogen-bond acceptors (Lipinski definition) is 4. The predicted molar refractivity (Wildman–Crippen MR) is 79.3 cm³/mol. The number of ether oxygens (including phenoxy) is 1. The zero-order valence-electron chi connectivity index (χ0n) is 12.7. The molecule has 0 amide bonds. The summed E-state index contributed by atoms with van der Waals surface area (Å²) in [4.78, 5) is 11.3. The third-order valence-corrected chi connectivity index (χ3v) is 3.38. The van der Waals surface area contributed by atoms with Gasteiger partial charge in [0, 0.05) is 0 Å². The van der Waals surface area contributed by atoms with Gasteiger partial charge >= 0.3 is 5.97 Å². The number of methoxy groups -OCH3 is 1. The molecule has 4 heteroatoms. The molecule has 4 nitrogen and oxygen atoms in total. The smallest absolute Gasteiger partial charge is 0.373 e. The standard InChI is InChI=1S/C17H20O4/c1-17(2,3)12-7-5-11(6-8-12)15(18)13-9-10-14(21-13)16(19)20-4/h5-10,15,18H,1-4H3. The molecule has 0 bridgehead atoms. The van der Waals surface area contributed by atoms with Crippen molar-refractivity contribution in [2.24, 2.45) is 0 Å². The van der Waals surface area contributed by atoms with E-state index in [1.54, 1.807) is 6.07 Å². The van der Waals surface area contributed by atoms with Crippen molar-refractivity contribution >= 4 is 5.97 Å². The maximum Gasteiger partial charge on any atom is 0.373 e. The van der Waals surface area contributed by atoms with Gasteiger partial charge in [-0.15, -0.1) is 0 Å². The number of hydrogen-bond donors (Lipinski definition) is 1. The highest BCUT2D eigenvalue weighted by molar-refractivity contribution is 5.86. The Morgan fingerprint density at radius 1 is 1.14 bits per heavy atom. The summed E-state index contributed by atoms with van der Waals surface area (Å²) in [5.74, 6) is -0.159. The number of carbonyl (C=O) groups excluding carboxylic acids is 1. The van der Waals surface area contributed by atoms with Crippen LogP contribution in [-0.4, -0.2) is 18.2 Å². The fraction of sp³-hybridized carbons (Fsp3) is 0.353. The molecule has 1 unspecified atom stereocenters. The Balaban J connectivity index is 2.22. The number of aliphatic hydroxyl groups excluding tert-OH is 1. The maximum absolute atomic E-state index is 11.3. The van der Waals surface area contributed by atoms with E-state index in [2.05, 4.69) is 25.5 Å². The summed E-state index contributed by atoms with van der Waals surface area (Å²) in [5.41, 5.74) is 1.97. The summed E-state index contributed by atoms with van der Waals surface area (Å²) >= 11 is 0. The summed E-state index contributed by atoms with van der Waals surface area (Å²) in [7, 11) is 1.28. The molecular formula is C17H20O4. The van der Waals surface area contributed by atoms with E-state index in [0.717, 1.165) is 0 Å². The number of furan rings is 1. The van der Waals surface area contributed by atoms with Crippen LogP contribution in [0.1, 0.15) is 54.3 Å². The first-order valence-electron chi connectivity index (χ1n) is 6.79. The summed E-state index contributed by atoms with van der Waals surface area (Å²) in [5, 5.41) is 10.3. The SMILES string of the molecule is COC(=O)c1ccc(C(O)c2ccc(C(C)(C)C)cc2)o1. The van der Waals surface area contributed by atoms with E-state index in [4.69, 9.17) is 4.42 Å². The Morgan fingerprint density at radius 3 is 2.29 bits per heavy atom. The lowest BCUT2D eigenvalue weighted by atomic mass is 9.86. The monoisotopic (exact) mass is 288 g/mol. The van der Waals surface area contributed by atoms with Crippen LogP contribution in [0.3, 0.4) is 0 Å². The predicted octanol–water partition coefficient (Wildman–Crippen LogP) is 3.45. The Labute approximate surface area is 124 Å². The second-order valence-electron chi connectivity index (χ2n) is 5.97. The minimum atomic E-state index is -0.905. The van der Waals surface area contributed by atoms with Crippen molar-refractivity contribution in [2.75, 3.05) is 7.11 Å². The third-order valence-electron chi connectivity index (χ3n) is 3.38. The maximum atomic E-state index is 11.3. The van der Waals surface area contributed by atoms with Gasteiger partial charge in [0.15, 0.2) is 0 Å². The average molecular weight is 288 g/mol. The van der Waals surface area contributed by atoms with E-state index in [1.807, 2.05) is 24.3 Å². The van der Waals surface area contributed by atoms with Gasteiger partial charge in [-0.25, -0.2) is 4.79 Å². The van der Waals surface area contributed by atoms with Crippen LogP contribution in [0.25, 0.3) is 0 Å². The quantitative estimate of drug-likeness (QED) is 0.879. The van der Waals surface area contributed by atoms with Crippen LogP contribution in [0.15, 0.2) is 40.8 Å². The van der Waals surface area contributed by atoms with Crippen LogP contribution in [0, 0.1) is 0 Å². The van der Waals surface area contributed by atoms with E-state index in [-0.39, 0.29) is 11.2 Å². The van der Waals surface area contributed by atoms with Gasteiger partial charge in [-0.1, -0.05) is 45.0 Å². The molecular weight excluding hydrogens is 268 g/mol. The number of benzene rings is 1. The summed E-state index contributed by atoms with van der Waals surface area (Å²) in [6, 6.07) is 10.8. The summed E-state index contributed by atoms with van der Waals surface area (Å²) in [6.45, 7) is 6.40.